The van der Waals surface area contributed by atoms with Gasteiger partial charge in [-0.2, -0.15) is 0 Å². The Bertz CT molecular complexity index is 875. The molecule has 1 atom stereocenters. The minimum Gasteiger partial charge on any atom is -0.325 e. The summed E-state index contributed by atoms with van der Waals surface area (Å²) < 4.78 is 0. The van der Waals surface area contributed by atoms with Crippen LogP contribution in [-0.4, -0.2) is 28.8 Å². The highest BCUT2D eigenvalue weighted by Gasteiger charge is 2.32. The van der Waals surface area contributed by atoms with Crippen LogP contribution in [-0.2, 0) is 16.0 Å². The Balaban J connectivity index is 1.52. The van der Waals surface area contributed by atoms with Crippen LogP contribution in [0.3, 0.4) is 0 Å². The number of halogens is 2. The first kappa shape index (κ1) is 19.7. The van der Waals surface area contributed by atoms with Crippen molar-refractivity contribution in [2.24, 2.45) is 4.99 Å². The number of amides is 2. The van der Waals surface area contributed by atoms with Gasteiger partial charge in [0.25, 0.3) is 0 Å². The van der Waals surface area contributed by atoms with E-state index in [4.69, 9.17) is 23.2 Å². The predicted octanol–water partition coefficient (Wildman–Crippen LogP) is 4.15. The van der Waals surface area contributed by atoms with E-state index in [0.29, 0.717) is 22.4 Å². The van der Waals surface area contributed by atoms with Gasteiger partial charge in [0.1, 0.15) is 5.25 Å². The van der Waals surface area contributed by atoms with Crippen LogP contribution in [0.25, 0.3) is 0 Å². The highest BCUT2D eigenvalue weighted by molar-refractivity contribution is 8.15. The number of nitrogens with one attached hydrogen (secondary N) is 2. The van der Waals surface area contributed by atoms with Crippen LogP contribution in [0.5, 0.6) is 0 Å². The molecule has 3 rings (SSSR count). The maximum atomic E-state index is 12.2. The van der Waals surface area contributed by atoms with Gasteiger partial charge in [-0.3, -0.25) is 14.6 Å². The van der Waals surface area contributed by atoms with Gasteiger partial charge in [0, 0.05) is 13.0 Å². The Morgan fingerprint density at radius 2 is 1.93 bits per heavy atom. The molecule has 2 N–H and O–H groups in total. The molecule has 0 aromatic heterocycles. The molecule has 1 aliphatic heterocycles. The summed E-state index contributed by atoms with van der Waals surface area (Å²) in [5.41, 5.74) is 1.61. The van der Waals surface area contributed by atoms with E-state index in [1.807, 2.05) is 30.3 Å². The lowest BCUT2D eigenvalue weighted by molar-refractivity contribution is -0.122. The molecule has 8 heteroatoms. The van der Waals surface area contributed by atoms with Crippen molar-refractivity contribution in [2.75, 3.05) is 11.9 Å². The molecule has 140 valence electrons. The normalized spacial score (nSPS) is 17.8. The van der Waals surface area contributed by atoms with Crippen molar-refractivity contribution in [3.05, 3.63) is 64.1 Å². The second kappa shape index (κ2) is 9.26. The van der Waals surface area contributed by atoms with E-state index in [2.05, 4.69) is 15.6 Å². The minimum absolute atomic E-state index is 0.0248. The van der Waals surface area contributed by atoms with Gasteiger partial charge in [-0.25, -0.2) is 0 Å². The first-order valence-electron chi connectivity index (χ1n) is 8.32. The Labute approximate surface area is 171 Å². The highest BCUT2D eigenvalue weighted by Crippen LogP contribution is 2.30. The minimum atomic E-state index is -0.515. The van der Waals surface area contributed by atoms with Gasteiger partial charge in [-0.15, -0.1) is 0 Å². The first-order valence-corrected chi connectivity index (χ1v) is 9.96. The molecule has 5 nitrogen and oxygen atoms in total. The molecule has 1 fully saturated rings. The number of hydrogen-bond donors (Lipinski definition) is 2. The van der Waals surface area contributed by atoms with Crippen molar-refractivity contribution in [3.63, 3.8) is 0 Å². The lowest BCUT2D eigenvalue weighted by atomic mass is 10.2. The van der Waals surface area contributed by atoms with E-state index < -0.39 is 5.25 Å². The molecule has 0 saturated carbocycles. The SMILES string of the molecule is O=C(CC1SC(=NCCc2ccccc2)NC1=O)Nc1cccc(Cl)c1Cl. The fourth-order valence-electron chi connectivity index (χ4n) is 2.52. The topological polar surface area (TPSA) is 70.6 Å². The summed E-state index contributed by atoms with van der Waals surface area (Å²) in [5.74, 6) is -0.525. The Morgan fingerprint density at radius 1 is 1.15 bits per heavy atom. The molecule has 2 aromatic rings. The zero-order valence-electron chi connectivity index (χ0n) is 14.2. The van der Waals surface area contributed by atoms with E-state index in [-0.39, 0.29) is 23.3 Å². The van der Waals surface area contributed by atoms with Gasteiger partial charge in [0.15, 0.2) is 5.17 Å². The maximum Gasteiger partial charge on any atom is 0.240 e. The van der Waals surface area contributed by atoms with E-state index >= 15 is 0 Å². The summed E-state index contributed by atoms with van der Waals surface area (Å²) >= 11 is 13.3. The molecule has 2 aromatic carbocycles. The average Bonchev–Trinajstić information content (AvgIpc) is 2.99. The van der Waals surface area contributed by atoms with Crippen LogP contribution in [0, 0.1) is 0 Å². The number of hydrogen-bond acceptors (Lipinski definition) is 4. The average molecular weight is 422 g/mol. The molecule has 0 radical (unpaired) electrons. The molecule has 27 heavy (non-hydrogen) atoms. The number of carbonyl (C=O) groups excluding carboxylic acids is 2. The number of carbonyl (C=O) groups is 2. The first-order chi connectivity index (χ1) is 13.0. The fourth-order valence-corrected chi connectivity index (χ4v) is 3.86. The summed E-state index contributed by atoms with van der Waals surface area (Å²) in [6, 6.07) is 15.0. The van der Waals surface area contributed by atoms with E-state index in [0.717, 1.165) is 6.42 Å². The summed E-state index contributed by atoms with van der Waals surface area (Å²) in [6.07, 6.45) is 0.816. The smallest absolute Gasteiger partial charge is 0.240 e. The Hall–Kier alpha value is -2.02. The van der Waals surface area contributed by atoms with Gasteiger partial charge in [-0.1, -0.05) is 71.4 Å². The molecule has 2 amide bonds. The number of thioether (sulfide) groups is 1. The number of benzene rings is 2. The Kier molecular flexibility index (Phi) is 6.77. The summed E-state index contributed by atoms with van der Waals surface area (Å²) in [6.45, 7) is 0.573. The summed E-state index contributed by atoms with van der Waals surface area (Å²) in [7, 11) is 0. The zero-order valence-corrected chi connectivity index (χ0v) is 16.6. The fraction of sp³-hybridized carbons (Fsp3) is 0.211. The molecular weight excluding hydrogens is 405 g/mol. The van der Waals surface area contributed by atoms with Crippen LogP contribution < -0.4 is 10.6 Å². The number of anilines is 1. The number of aliphatic imine (C=N–C) groups is 1. The van der Waals surface area contributed by atoms with Gasteiger partial charge >= 0.3 is 0 Å². The molecule has 1 unspecified atom stereocenters. The van der Waals surface area contributed by atoms with Crippen LogP contribution in [0.4, 0.5) is 5.69 Å². The zero-order chi connectivity index (χ0) is 19.2. The largest absolute Gasteiger partial charge is 0.325 e. The van der Waals surface area contributed by atoms with Crippen molar-refractivity contribution in [1.82, 2.24) is 5.32 Å². The molecule has 1 aliphatic rings. The summed E-state index contributed by atoms with van der Waals surface area (Å²) in [4.78, 5) is 28.7. The molecule has 0 bridgehead atoms. The summed E-state index contributed by atoms with van der Waals surface area (Å²) in [5, 5.41) is 6.09. The number of rotatable bonds is 6. The van der Waals surface area contributed by atoms with Gasteiger partial charge in [0.2, 0.25) is 11.8 Å². The lowest BCUT2D eigenvalue weighted by Crippen LogP contribution is -2.28. The van der Waals surface area contributed by atoms with Gasteiger partial charge in [-0.05, 0) is 24.1 Å². The van der Waals surface area contributed by atoms with Gasteiger partial charge < -0.3 is 10.6 Å². The molecule has 1 saturated heterocycles. The maximum absolute atomic E-state index is 12.2. The van der Waals surface area contributed by atoms with Crippen molar-refractivity contribution in [3.8, 4) is 0 Å². The second-order valence-corrected chi connectivity index (χ2v) is 7.85. The van der Waals surface area contributed by atoms with Gasteiger partial charge in [0.05, 0.1) is 15.7 Å². The van der Waals surface area contributed by atoms with E-state index in [1.54, 1.807) is 18.2 Å². The molecule has 0 aliphatic carbocycles. The van der Waals surface area contributed by atoms with Crippen LogP contribution in [0.2, 0.25) is 10.0 Å². The number of nitrogens with zero attached hydrogens (tertiary/aromatic N) is 1. The number of amidine groups is 1. The van der Waals surface area contributed by atoms with Crippen molar-refractivity contribution in [2.45, 2.75) is 18.1 Å². The Morgan fingerprint density at radius 3 is 2.70 bits per heavy atom. The lowest BCUT2D eigenvalue weighted by Gasteiger charge is -2.09. The van der Waals surface area contributed by atoms with Crippen molar-refractivity contribution >= 4 is 57.6 Å². The van der Waals surface area contributed by atoms with Crippen molar-refractivity contribution < 1.29 is 9.59 Å². The highest BCUT2D eigenvalue weighted by atomic mass is 35.5. The standard InChI is InChI=1S/C19H17Cl2N3O2S/c20-13-7-4-8-14(17(13)21)23-16(25)11-15-18(26)24-19(27-15)22-10-9-12-5-2-1-3-6-12/h1-8,15H,9-11H2,(H,23,25)(H,22,24,26). The van der Waals surface area contributed by atoms with Crippen LogP contribution in [0.15, 0.2) is 53.5 Å². The molecule has 0 spiro atoms. The molecule has 1 heterocycles. The van der Waals surface area contributed by atoms with E-state index in [9.17, 15) is 9.59 Å². The second-order valence-electron chi connectivity index (χ2n) is 5.87. The third-order valence-electron chi connectivity index (χ3n) is 3.87. The van der Waals surface area contributed by atoms with E-state index in [1.165, 1.54) is 17.3 Å². The monoisotopic (exact) mass is 421 g/mol. The van der Waals surface area contributed by atoms with Crippen molar-refractivity contribution in [1.29, 1.82) is 0 Å². The third-order valence-corrected chi connectivity index (χ3v) is 5.81. The van der Waals surface area contributed by atoms with Crippen LogP contribution >= 0.6 is 35.0 Å². The predicted molar refractivity (Wildman–Crippen MR) is 112 cm³/mol. The van der Waals surface area contributed by atoms with Crippen LogP contribution in [0.1, 0.15) is 12.0 Å². The quantitative estimate of drug-likeness (QED) is 0.735. The molecular formula is C19H17Cl2N3O2S. The third kappa shape index (κ3) is 5.48.